The van der Waals surface area contributed by atoms with Crippen molar-refractivity contribution in [2.75, 3.05) is 14.1 Å². The first kappa shape index (κ1) is 21.7. The third-order valence-electron chi connectivity index (χ3n) is 5.36. The van der Waals surface area contributed by atoms with Gasteiger partial charge in [0.1, 0.15) is 0 Å². The minimum Gasteiger partial charge on any atom is -0.349 e. The highest BCUT2D eigenvalue weighted by Gasteiger charge is 2.35. The molecule has 1 aliphatic carbocycles. The molecule has 1 saturated carbocycles. The van der Waals surface area contributed by atoms with Crippen molar-refractivity contribution in [3.8, 4) is 0 Å². The number of hydrogen-bond acceptors (Lipinski definition) is 2. The molecule has 3 atom stereocenters. The Morgan fingerprint density at radius 1 is 1.04 bits per heavy atom. The van der Waals surface area contributed by atoms with Crippen molar-refractivity contribution in [3.05, 3.63) is 70.7 Å². The second kappa shape index (κ2) is 10.1. The SMILES string of the molecule is CN(C)C(c1ccccc1)C1CCCCC1NC(=O)c1ccccc1Cl.Cl. The molecule has 2 aromatic rings. The first-order chi connectivity index (χ1) is 12.6. The van der Waals surface area contributed by atoms with Gasteiger partial charge in [0.05, 0.1) is 10.6 Å². The third kappa shape index (κ3) is 5.25. The normalized spacial score (nSPS) is 20.6. The zero-order valence-electron chi connectivity index (χ0n) is 15.9. The molecule has 1 N–H and O–H groups in total. The van der Waals surface area contributed by atoms with Crippen molar-refractivity contribution in [2.24, 2.45) is 5.92 Å². The predicted octanol–water partition coefficient (Wildman–Crippen LogP) is 5.35. The Labute approximate surface area is 173 Å². The van der Waals surface area contributed by atoms with Crippen LogP contribution in [0.2, 0.25) is 5.02 Å². The second-order valence-corrected chi connectivity index (χ2v) is 7.73. The summed E-state index contributed by atoms with van der Waals surface area (Å²) in [5.74, 6) is 0.311. The minimum absolute atomic E-state index is 0. The van der Waals surface area contributed by atoms with E-state index in [-0.39, 0.29) is 30.4 Å². The summed E-state index contributed by atoms with van der Waals surface area (Å²) in [7, 11) is 4.25. The maximum Gasteiger partial charge on any atom is 0.253 e. The van der Waals surface area contributed by atoms with E-state index in [0.29, 0.717) is 16.5 Å². The van der Waals surface area contributed by atoms with E-state index in [4.69, 9.17) is 11.6 Å². The van der Waals surface area contributed by atoms with E-state index in [0.717, 1.165) is 19.3 Å². The van der Waals surface area contributed by atoms with Gasteiger partial charge in [0.2, 0.25) is 0 Å². The minimum atomic E-state index is -0.0712. The fraction of sp³-hybridized carbons (Fsp3) is 0.409. The van der Waals surface area contributed by atoms with Crippen molar-refractivity contribution >= 4 is 29.9 Å². The predicted molar refractivity (Wildman–Crippen MR) is 115 cm³/mol. The largest absolute Gasteiger partial charge is 0.349 e. The van der Waals surface area contributed by atoms with E-state index >= 15 is 0 Å². The van der Waals surface area contributed by atoms with Crippen LogP contribution in [0.25, 0.3) is 0 Å². The molecule has 0 spiro atoms. The monoisotopic (exact) mass is 406 g/mol. The number of carbonyl (C=O) groups is 1. The van der Waals surface area contributed by atoms with E-state index in [1.807, 2.05) is 18.2 Å². The lowest BCUT2D eigenvalue weighted by Crippen LogP contribution is -2.46. The Kier molecular flexibility index (Phi) is 8.15. The van der Waals surface area contributed by atoms with Crippen LogP contribution in [0.5, 0.6) is 0 Å². The Hall–Kier alpha value is -1.55. The van der Waals surface area contributed by atoms with E-state index in [2.05, 4.69) is 48.6 Å². The zero-order valence-corrected chi connectivity index (χ0v) is 17.5. The summed E-state index contributed by atoms with van der Waals surface area (Å²) in [6.07, 6.45) is 4.49. The standard InChI is InChI=1S/C22H27ClN2O.ClH/c1-25(2)21(16-10-4-3-5-11-16)18-13-7-9-15-20(18)24-22(26)17-12-6-8-14-19(17)23;/h3-6,8,10-12,14,18,20-21H,7,9,13,15H2,1-2H3,(H,24,26);1H. The molecule has 0 saturated heterocycles. The van der Waals surface area contributed by atoms with Crippen molar-refractivity contribution < 1.29 is 4.79 Å². The van der Waals surface area contributed by atoms with Gasteiger partial charge in [-0.15, -0.1) is 12.4 Å². The quantitative estimate of drug-likeness (QED) is 0.724. The molecule has 3 nitrogen and oxygen atoms in total. The van der Waals surface area contributed by atoms with Gasteiger partial charge >= 0.3 is 0 Å². The number of amides is 1. The summed E-state index contributed by atoms with van der Waals surface area (Å²) < 4.78 is 0. The van der Waals surface area contributed by atoms with Gasteiger partial charge in [0.25, 0.3) is 5.91 Å². The summed E-state index contributed by atoms with van der Waals surface area (Å²) in [5.41, 5.74) is 1.86. The van der Waals surface area contributed by atoms with Gasteiger partial charge in [-0.05, 0) is 50.6 Å². The molecule has 0 aliphatic heterocycles. The van der Waals surface area contributed by atoms with Crippen LogP contribution < -0.4 is 5.32 Å². The lowest BCUT2D eigenvalue weighted by molar-refractivity contribution is 0.0845. The molecule has 0 bridgehead atoms. The number of nitrogens with one attached hydrogen (secondary N) is 1. The van der Waals surface area contributed by atoms with Gasteiger partial charge in [-0.3, -0.25) is 4.79 Å². The average Bonchev–Trinajstić information content (AvgIpc) is 2.64. The fourth-order valence-electron chi connectivity index (χ4n) is 4.19. The fourth-order valence-corrected chi connectivity index (χ4v) is 4.41. The van der Waals surface area contributed by atoms with Crippen LogP contribution in [-0.2, 0) is 0 Å². The molecule has 0 heterocycles. The summed E-state index contributed by atoms with van der Waals surface area (Å²) >= 11 is 6.21. The summed E-state index contributed by atoms with van der Waals surface area (Å²) in [5, 5.41) is 3.79. The molecule has 146 valence electrons. The van der Waals surface area contributed by atoms with Crippen molar-refractivity contribution in [1.29, 1.82) is 0 Å². The van der Waals surface area contributed by atoms with Crippen molar-refractivity contribution in [3.63, 3.8) is 0 Å². The number of halogens is 2. The van der Waals surface area contributed by atoms with Crippen LogP contribution in [0, 0.1) is 5.92 Å². The number of hydrogen-bond donors (Lipinski definition) is 1. The second-order valence-electron chi connectivity index (χ2n) is 7.33. The molecule has 1 aliphatic rings. The van der Waals surface area contributed by atoms with Crippen LogP contribution in [0.1, 0.15) is 47.6 Å². The molecule has 3 unspecified atom stereocenters. The summed E-state index contributed by atoms with van der Waals surface area (Å²) in [6, 6.07) is 18.3. The highest BCUT2D eigenvalue weighted by molar-refractivity contribution is 6.33. The molecule has 27 heavy (non-hydrogen) atoms. The van der Waals surface area contributed by atoms with Gasteiger partial charge in [0.15, 0.2) is 0 Å². The van der Waals surface area contributed by atoms with Gasteiger partial charge in [-0.2, -0.15) is 0 Å². The summed E-state index contributed by atoms with van der Waals surface area (Å²) in [4.78, 5) is 15.1. The van der Waals surface area contributed by atoms with Crippen molar-refractivity contribution in [2.45, 2.75) is 37.8 Å². The van der Waals surface area contributed by atoms with E-state index in [1.165, 1.54) is 12.0 Å². The molecule has 3 rings (SSSR count). The average molecular weight is 407 g/mol. The third-order valence-corrected chi connectivity index (χ3v) is 5.69. The number of rotatable bonds is 5. The lowest BCUT2D eigenvalue weighted by Gasteiger charge is -2.41. The molecule has 0 aromatic heterocycles. The van der Waals surface area contributed by atoms with Crippen LogP contribution in [0.3, 0.4) is 0 Å². The summed E-state index contributed by atoms with van der Waals surface area (Å²) in [6.45, 7) is 0. The van der Waals surface area contributed by atoms with E-state index in [9.17, 15) is 4.79 Å². The van der Waals surface area contributed by atoms with Crippen LogP contribution in [0.15, 0.2) is 54.6 Å². The van der Waals surface area contributed by atoms with Crippen LogP contribution in [-0.4, -0.2) is 30.9 Å². The molecule has 1 amide bonds. The van der Waals surface area contributed by atoms with Crippen molar-refractivity contribution in [1.82, 2.24) is 10.2 Å². The smallest absolute Gasteiger partial charge is 0.253 e. The van der Waals surface area contributed by atoms with Crippen LogP contribution >= 0.6 is 24.0 Å². The van der Waals surface area contributed by atoms with Gasteiger partial charge in [0, 0.05) is 12.1 Å². The molecule has 0 radical (unpaired) electrons. The highest BCUT2D eigenvalue weighted by atomic mass is 35.5. The molecule has 2 aromatic carbocycles. The molecular formula is C22H28Cl2N2O. The Morgan fingerprint density at radius 3 is 2.33 bits per heavy atom. The van der Waals surface area contributed by atoms with Gasteiger partial charge in [-0.25, -0.2) is 0 Å². The zero-order chi connectivity index (χ0) is 18.5. The Balaban J connectivity index is 0.00000261. The van der Waals surface area contributed by atoms with E-state index < -0.39 is 0 Å². The lowest BCUT2D eigenvalue weighted by atomic mass is 9.77. The molecular weight excluding hydrogens is 379 g/mol. The highest BCUT2D eigenvalue weighted by Crippen LogP contribution is 2.37. The van der Waals surface area contributed by atoms with Gasteiger partial charge in [-0.1, -0.05) is 66.9 Å². The first-order valence-electron chi connectivity index (χ1n) is 9.34. The Morgan fingerprint density at radius 2 is 1.67 bits per heavy atom. The van der Waals surface area contributed by atoms with Crippen LogP contribution in [0.4, 0.5) is 0 Å². The molecule has 5 heteroatoms. The van der Waals surface area contributed by atoms with E-state index in [1.54, 1.807) is 12.1 Å². The van der Waals surface area contributed by atoms with Gasteiger partial charge < -0.3 is 10.2 Å². The topological polar surface area (TPSA) is 32.3 Å². The maximum absolute atomic E-state index is 12.8. The maximum atomic E-state index is 12.8. The number of benzene rings is 2. The molecule has 1 fully saturated rings. The number of nitrogens with zero attached hydrogens (tertiary/aromatic N) is 1. The first-order valence-corrected chi connectivity index (χ1v) is 9.72. The Bertz CT molecular complexity index is 736. The number of carbonyl (C=O) groups excluding carboxylic acids is 1.